The van der Waals surface area contributed by atoms with E-state index in [1.54, 1.807) is 6.07 Å². The molecule has 1 fully saturated rings. The number of carbonyl (C=O) groups excluding carboxylic acids is 1. The first-order valence-corrected chi connectivity index (χ1v) is 11.0. The van der Waals surface area contributed by atoms with Gasteiger partial charge in [-0.3, -0.25) is 4.79 Å². The highest BCUT2D eigenvalue weighted by atomic mass is 32.2. The van der Waals surface area contributed by atoms with Gasteiger partial charge in [-0.2, -0.15) is 0 Å². The summed E-state index contributed by atoms with van der Waals surface area (Å²) < 4.78 is 25.2. The molecule has 8 heteroatoms. The second-order valence-corrected chi connectivity index (χ2v) is 10.1. The predicted octanol–water partition coefficient (Wildman–Crippen LogP) is 2.65. The van der Waals surface area contributed by atoms with Crippen LogP contribution in [0.2, 0.25) is 0 Å². The topological polar surface area (TPSA) is 79.4 Å². The Morgan fingerprint density at radius 1 is 1.24 bits per heavy atom. The summed E-state index contributed by atoms with van der Waals surface area (Å²) in [5, 5.41) is 3.51. The molecule has 2 rings (SSSR count). The van der Waals surface area contributed by atoms with Crippen LogP contribution in [0.15, 0.2) is 28.3 Å². The van der Waals surface area contributed by atoms with Gasteiger partial charge >= 0.3 is 0 Å². The number of amides is 1. The van der Waals surface area contributed by atoms with Gasteiger partial charge in [0.25, 0.3) is 0 Å². The van der Waals surface area contributed by atoms with Crippen molar-refractivity contribution in [3.05, 3.63) is 18.3 Å². The molecule has 25 heavy (non-hydrogen) atoms. The highest BCUT2D eigenvalue weighted by Crippen LogP contribution is 2.24. The van der Waals surface area contributed by atoms with Crippen LogP contribution in [0.25, 0.3) is 0 Å². The molecule has 1 atom stereocenters. The maximum Gasteiger partial charge on any atom is 0.244 e. The summed E-state index contributed by atoms with van der Waals surface area (Å²) in [5.41, 5.74) is 0. The van der Waals surface area contributed by atoms with Gasteiger partial charge in [0.2, 0.25) is 15.9 Å². The minimum Gasteiger partial charge on any atom is -0.352 e. The van der Waals surface area contributed by atoms with E-state index in [1.165, 1.54) is 63.8 Å². The maximum atomic E-state index is 12.4. The van der Waals surface area contributed by atoms with Crippen molar-refractivity contribution < 1.29 is 13.2 Å². The largest absolute Gasteiger partial charge is 0.352 e. The average molecular weight is 386 g/mol. The molecule has 1 heterocycles. The summed E-state index contributed by atoms with van der Waals surface area (Å²) in [5.74, 6) is 0.0173. The average Bonchev–Trinajstić information content (AvgIpc) is 2.83. The highest BCUT2D eigenvalue weighted by Gasteiger charge is 2.21. The van der Waals surface area contributed by atoms with Gasteiger partial charge in [-0.25, -0.2) is 17.7 Å². The highest BCUT2D eigenvalue weighted by molar-refractivity contribution is 8.00. The second-order valence-electron chi connectivity index (χ2n) is 6.58. The van der Waals surface area contributed by atoms with Crippen LogP contribution in [0.4, 0.5) is 0 Å². The third kappa shape index (κ3) is 5.69. The molecule has 0 aliphatic heterocycles. The molecule has 0 aromatic carbocycles. The Bertz CT molecular complexity index is 667. The van der Waals surface area contributed by atoms with Gasteiger partial charge in [0.05, 0.1) is 10.3 Å². The van der Waals surface area contributed by atoms with E-state index in [9.17, 15) is 13.2 Å². The van der Waals surface area contributed by atoms with E-state index >= 15 is 0 Å². The number of aromatic nitrogens is 1. The fraction of sp³-hybridized carbons (Fsp3) is 0.647. The van der Waals surface area contributed by atoms with Crippen LogP contribution in [-0.4, -0.2) is 49.0 Å². The van der Waals surface area contributed by atoms with Gasteiger partial charge in [0, 0.05) is 26.3 Å². The van der Waals surface area contributed by atoms with Crippen molar-refractivity contribution in [3.63, 3.8) is 0 Å². The van der Waals surface area contributed by atoms with E-state index in [2.05, 4.69) is 10.3 Å². The van der Waals surface area contributed by atoms with E-state index in [0.717, 1.165) is 17.1 Å². The molecule has 0 bridgehead atoms. The number of carbonyl (C=O) groups is 1. The summed E-state index contributed by atoms with van der Waals surface area (Å²) >= 11 is 1.34. The van der Waals surface area contributed by atoms with Crippen LogP contribution >= 0.6 is 11.8 Å². The number of sulfonamides is 1. The van der Waals surface area contributed by atoms with E-state index in [1.807, 2.05) is 6.92 Å². The van der Waals surface area contributed by atoms with E-state index < -0.39 is 10.0 Å². The molecule has 1 amide bonds. The fourth-order valence-electron chi connectivity index (χ4n) is 2.78. The lowest BCUT2D eigenvalue weighted by atomic mass is 10.1. The lowest BCUT2D eigenvalue weighted by Crippen LogP contribution is -2.39. The van der Waals surface area contributed by atoms with Crippen molar-refractivity contribution in [2.75, 3.05) is 14.1 Å². The Labute approximate surface area is 154 Å². The van der Waals surface area contributed by atoms with Gasteiger partial charge in [0.15, 0.2) is 0 Å². The molecule has 1 aromatic rings. The molecule has 1 aliphatic carbocycles. The molecule has 0 radical (unpaired) electrons. The summed E-state index contributed by atoms with van der Waals surface area (Å²) in [7, 11) is -0.511. The number of nitrogens with one attached hydrogen (secondary N) is 1. The van der Waals surface area contributed by atoms with Crippen LogP contribution in [-0.2, 0) is 14.8 Å². The molecule has 0 saturated heterocycles. The van der Waals surface area contributed by atoms with Crippen LogP contribution in [0.3, 0.4) is 0 Å². The Balaban J connectivity index is 1.93. The molecular formula is C17H27N3O3S2. The number of pyridine rings is 1. The predicted molar refractivity (Wildman–Crippen MR) is 100 cm³/mol. The van der Waals surface area contributed by atoms with Gasteiger partial charge in [0.1, 0.15) is 4.90 Å². The zero-order valence-electron chi connectivity index (χ0n) is 15.1. The Kier molecular flexibility index (Phi) is 7.27. The molecule has 1 aliphatic rings. The smallest absolute Gasteiger partial charge is 0.244 e. The van der Waals surface area contributed by atoms with Crippen molar-refractivity contribution >= 4 is 27.7 Å². The van der Waals surface area contributed by atoms with Crippen molar-refractivity contribution in [1.29, 1.82) is 0 Å². The van der Waals surface area contributed by atoms with E-state index in [4.69, 9.17) is 0 Å². The number of hydrogen-bond donors (Lipinski definition) is 1. The fourth-order valence-corrected chi connectivity index (χ4v) is 4.42. The molecule has 1 N–H and O–H groups in total. The van der Waals surface area contributed by atoms with Crippen LogP contribution in [0, 0.1) is 0 Å². The van der Waals surface area contributed by atoms with Crippen LogP contribution < -0.4 is 5.32 Å². The maximum absolute atomic E-state index is 12.4. The molecule has 0 spiro atoms. The number of rotatable bonds is 6. The Hall–Kier alpha value is -1.12. The summed E-state index contributed by atoms with van der Waals surface area (Å²) in [4.78, 5) is 16.7. The Morgan fingerprint density at radius 2 is 1.88 bits per heavy atom. The normalized spacial score (nSPS) is 17.9. The molecular weight excluding hydrogens is 358 g/mol. The van der Waals surface area contributed by atoms with Gasteiger partial charge in [-0.1, -0.05) is 37.4 Å². The van der Waals surface area contributed by atoms with Crippen LogP contribution in [0.5, 0.6) is 0 Å². The number of hydrogen-bond acceptors (Lipinski definition) is 5. The second kappa shape index (κ2) is 9.00. The monoisotopic (exact) mass is 385 g/mol. The third-order valence-electron chi connectivity index (χ3n) is 4.36. The summed E-state index contributed by atoms with van der Waals surface area (Å²) in [6.07, 6.45) is 8.31. The lowest BCUT2D eigenvalue weighted by Gasteiger charge is -2.19. The summed E-state index contributed by atoms with van der Waals surface area (Å²) in [6.45, 7) is 1.85. The van der Waals surface area contributed by atoms with E-state index in [-0.39, 0.29) is 22.1 Å². The van der Waals surface area contributed by atoms with Gasteiger partial charge in [-0.15, -0.1) is 0 Å². The standard InChI is InChI=1S/C17H27N3O3S2/c1-13(17(21)19-14-8-6-4-5-7-9-14)24-16-11-10-15(12-18-16)25(22,23)20(2)3/h10-14H,4-9H2,1-3H3,(H,19,21)/t13-/m0/s1. The lowest BCUT2D eigenvalue weighted by molar-refractivity contribution is -0.121. The van der Waals surface area contributed by atoms with E-state index in [0.29, 0.717) is 5.03 Å². The minimum absolute atomic E-state index is 0.0173. The Morgan fingerprint density at radius 3 is 2.40 bits per heavy atom. The zero-order valence-corrected chi connectivity index (χ0v) is 16.7. The first-order valence-electron chi connectivity index (χ1n) is 8.66. The van der Waals surface area contributed by atoms with Gasteiger partial charge in [-0.05, 0) is 31.9 Å². The number of nitrogens with zero attached hydrogens (tertiary/aromatic N) is 2. The molecule has 6 nitrogen and oxygen atoms in total. The molecule has 1 aromatic heterocycles. The zero-order chi connectivity index (χ0) is 18.4. The molecule has 1 saturated carbocycles. The quantitative estimate of drug-likeness (QED) is 0.601. The van der Waals surface area contributed by atoms with Crippen molar-refractivity contribution in [3.8, 4) is 0 Å². The SMILES string of the molecule is C[C@H](Sc1ccc(S(=O)(=O)N(C)C)cn1)C(=O)NC1CCCCCC1. The molecule has 0 unspecified atom stereocenters. The number of thioether (sulfide) groups is 1. The van der Waals surface area contributed by atoms with Crippen molar-refractivity contribution in [1.82, 2.24) is 14.6 Å². The third-order valence-corrected chi connectivity index (χ3v) is 7.21. The van der Waals surface area contributed by atoms with Gasteiger partial charge < -0.3 is 5.32 Å². The van der Waals surface area contributed by atoms with Crippen molar-refractivity contribution in [2.45, 2.75) is 66.7 Å². The first kappa shape index (κ1) is 20.2. The van der Waals surface area contributed by atoms with Crippen LogP contribution in [0.1, 0.15) is 45.4 Å². The first-order chi connectivity index (χ1) is 11.8. The molecule has 140 valence electrons. The van der Waals surface area contributed by atoms with Crippen molar-refractivity contribution in [2.24, 2.45) is 0 Å². The minimum atomic E-state index is -3.48. The summed E-state index contributed by atoms with van der Waals surface area (Å²) in [6, 6.07) is 3.45.